The summed E-state index contributed by atoms with van der Waals surface area (Å²) < 4.78 is 11.0. The van der Waals surface area contributed by atoms with Crippen molar-refractivity contribution in [3.05, 3.63) is 35.7 Å². The third kappa shape index (κ3) is 4.03. The van der Waals surface area contributed by atoms with Crippen molar-refractivity contribution in [2.45, 2.75) is 38.3 Å². The van der Waals surface area contributed by atoms with E-state index in [-0.39, 0.29) is 18.5 Å². The van der Waals surface area contributed by atoms with Crippen LogP contribution in [0.2, 0.25) is 0 Å². The molecule has 1 atom stereocenters. The van der Waals surface area contributed by atoms with Gasteiger partial charge in [0, 0.05) is 18.7 Å². The van der Waals surface area contributed by atoms with Gasteiger partial charge >= 0.3 is 0 Å². The van der Waals surface area contributed by atoms with Gasteiger partial charge in [0.15, 0.2) is 0 Å². The second-order valence-corrected chi connectivity index (χ2v) is 5.11. The van der Waals surface area contributed by atoms with Crippen LogP contribution in [0.1, 0.15) is 30.7 Å². The number of nitrogens with two attached hydrogens (primary N) is 1. The van der Waals surface area contributed by atoms with Crippen molar-refractivity contribution in [3.63, 3.8) is 0 Å². The van der Waals surface area contributed by atoms with Crippen LogP contribution in [0, 0.1) is 0 Å². The van der Waals surface area contributed by atoms with E-state index in [9.17, 15) is 0 Å². The summed E-state index contributed by atoms with van der Waals surface area (Å²) in [5.41, 5.74) is 7.62. The highest BCUT2D eigenvalue weighted by Crippen LogP contribution is 2.20. The number of rotatable bonds is 4. The first-order valence-electron chi connectivity index (χ1n) is 7.09. The van der Waals surface area contributed by atoms with E-state index < -0.39 is 0 Å². The summed E-state index contributed by atoms with van der Waals surface area (Å²) in [4.78, 5) is 4.44. The second-order valence-electron chi connectivity index (χ2n) is 5.11. The lowest BCUT2D eigenvalue weighted by molar-refractivity contribution is 0.0124. The molecule has 1 aromatic carbocycles. The first-order chi connectivity index (χ1) is 9.85. The van der Waals surface area contributed by atoms with Crippen LogP contribution in [-0.4, -0.2) is 22.9 Å². The van der Waals surface area contributed by atoms with Crippen molar-refractivity contribution in [1.29, 1.82) is 0 Å². The first-order valence-corrected chi connectivity index (χ1v) is 7.09. The fourth-order valence-electron chi connectivity index (χ4n) is 2.41. The molecule has 2 aromatic rings. The van der Waals surface area contributed by atoms with E-state index in [1.165, 1.54) is 6.42 Å². The molecule has 1 fully saturated rings. The summed E-state index contributed by atoms with van der Waals surface area (Å²) in [5, 5.41) is 4.03. The van der Waals surface area contributed by atoms with Gasteiger partial charge in [-0.25, -0.2) is 0 Å². The number of nitrogens with zero attached hydrogens (tertiary/aromatic N) is 2. The van der Waals surface area contributed by atoms with E-state index >= 15 is 0 Å². The molecular weight excluding hydrogens is 290 g/mol. The lowest BCUT2D eigenvalue weighted by Gasteiger charge is -2.20. The van der Waals surface area contributed by atoms with E-state index in [1.807, 2.05) is 24.3 Å². The van der Waals surface area contributed by atoms with Gasteiger partial charge in [0.1, 0.15) is 0 Å². The van der Waals surface area contributed by atoms with Crippen LogP contribution in [-0.2, 0) is 17.7 Å². The molecule has 1 unspecified atom stereocenters. The van der Waals surface area contributed by atoms with Crippen LogP contribution in [0.4, 0.5) is 0 Å². The average Bonchev–Trinajstić information content (AvgIpc) is 2.97. The summed E-state index contributed by atoms with van der Waals surface area (Å²) in [5.74, 6) is 1.27. The van der Waals surface area contributed by atoms with Crippen LogP contribution in [0.15, 0.2) is 28.8 Å². The predicted octanol–water partition coefficient (Wildman–Crippen LogP) is 2.73. The van der Waals surface area contributed by atoms with Crippen molar-refractivity contribution in [2.75, 3.05) is 6.61 Å². The molecule has 2 N–H and O–H groups in total. The van der Waals surface area contributed by atoms with Crippen LogP contribution in [0.25, 0.3) is 11.4 Å². The minimum Gasteiger partial charge on any atom is -0.378 e. The van der Waals surface area contributed by atoms with Crippen LogP contribution < -0.4 is 5.73 Å². The Kier molecular flexibility index (Phi) is 5.73. The van der Waals surface area contributed by atoms with Gasteiger partial charge in [-0.3, -0.25) is 0 Å². The lowest BCUT2D eigenvalue weighted by atomic mass is 10.1. The van der Waals surface area contributed by atoms with Gasteiger partial charge in [-0.05, 0) is 24.8 Å². The van der Waals surface area contributed by atoms with Crippen molar-refractivity contribution >= 4 is 12.4 Å². The van der Waals surface area contributed by atoms with Gasteiger partial charge in [0.25, 0.3) is 0 Å². The Morgan fingerprint density at radius 2 is 2.00 bits per heavy atom. The normalized spacial score (nSPS) is 18.2. The minimum atomic E-state index is 0. The highest BCUT2D eigenvalue weighted by molar-refractivity contribution is 5.85. The summed E-state index contributed by atoms with van der Waals surface area (Å²) in [7, 11) is 0. The Hall–Kier alpha value is -1.43. The highest BCUT2D eigenvalue weighted by atomic mass is 35.5. The Morgan fingerprint density at radius 3 is 2.67 bits per heavy atom. The van der Waals surface area contributed by atoms with E-state index in [0.717, 1.165) is 30.6 Å². The molecule has 114 valence electrons. The Labute approximate surface area is 130 Å². The number of benzene rings is 1. The predicted molar refractivity (Wildman–Crippen MR) is 82.2 cm³/mol. The fourth-order valence-corrected chi connectivity index (χ4v) is 2.41. The average molecular weight is 310 g/mol. The molecule has 21 heavy (non-hydrogen) atoms. The molecule has 1 aromatic heterocycles. The monoisotopic (exact) mass is 309 g/mol. The third-order valence-corrected chi connectivity index (χ3v) is 3.59. The van der Waals surface area contributed by atoms with Gasteiger partial charge in [0.2, 0.25) is 11.7 Å². The number of halogens is 1. The molecule has 3 rings (SSSR count). The maximum atomic E-state index is 5.69. The third-order valence-electron chi connectivity index (χ3n) is 3.59. The molecular formula is C15H20ClN3O2. The smallest absolute Gasteiger partial charge is 0.229 e. The van der Waals surface area contributed by atoms with E-state index in [0.29, 0.717) is 24.7 Å². The van der Waals surface area contributed by atoms with Gasteiger partial charge in [-0.2, -0.15) is 4.98 Å². The SMILES string of the molecule is Cl.NCc1ccc(-c2noc(CC3CCCCO3)n2)cc1. The van der Waals surface area contributed by atoms with Crippen LogP contribution in [0.3, 0.4) is 0 Å². The quantitative estimate of drug-likeness (QED) is 0.940. The molecule has 0 saturated carbocycles. The second kappa shape index (κ2) is 7.54. The molecule has 6 heteroatoms. The van der Waals surface area contributed by atoms with Gasteiger partial charge in [0.05, 0.1) is 12.5 Å². The zero-order chi connectivity index (χ0) is 13.8. The number of aromatic nitrogens is 2. The van der Waals surface area contributed by atoms with Crippen molar-refractivity contribution in [3.8, 4) is 11.4 Å². The number of hydrogen-bond donors (Lipinski definition) is 1. The topological polar surface area (TPSA) is 74.2 Å². The molecule has 0 bridgehead atoms. The van der Waals surface area contributed by atoms with Crippen molar-refractivity contribution < 1.29 is 9.26 Å². The molecule has 0 aliphatic carbocycles. The van der Waals surface area contributed by atoms with Crippen molar-refractivity contribution in [2.24, 2.45) is 5.73 Å². The standard InChI is InChI=1S/C15H19N3O2.ClH/c16-10-11-4-6-12(7-5-11)15-17-14(20-18-15)9-13-3-1-2-8-19-13;/h4-7,13H,1-3,8-10,16H2;1H. The van der Waals surface area contributed by atoms with Gasteiger partial charge < -0.3 is 15.0 Å². The van der Waals surface area contributed by atoms with E-state index in [4.69, 9.17) is 15.0 Å². The summed E-state index contributed by atoms with van der Waals surface area (Å²) in [6.07, 6.45) is 4.36. The minimum absolute atomic E-state index is 0. The number of hydrogen-bond acceptors (Lipinski definition) is 5. The highest BCUT2D eigenvalue weighted by Gasteiger charge is 2.18. The van der Waals surface area contributed by atoms with Gasteiger partial charge in [-0.15, -0.1) is 12.4 Å². The number of ether oxygens (including phenoxy) is 1. The molecule has 1 saturated heterocycles. The zero-order valence-electron chi connectivity index (χ0n) is 11.8. The Morgan fingerprint density at radius 1 is 1.19 bits per heavy atom. The fraction of sp³-hybridized carbons (Fsp3) is 0.467. The molecule has 0 radical (unpaired) electrons. The summed E-state index contributed by atoms with van der Waals surface area (Å²) in [6.45, 7) is 1.38. The lowest BCUT2D eigenvalue weighted by Crippen LogP contribution is -2.21. The Balaban J connectivity index is 0.00000161. The zero-order valence-corrected chi connectivity index (χ0v) is 12.6. The largest absolute Gasteiger partial charge is 0.378 e. The van der Waals surface area contributed by atoms with Crippen molar-refractivity contribution in [1.82, 2.24) is 10.1 Å². The molecule has 5 nitrogen and oxygen atoms in total. The maximum absolute atomic E-state index is 5.69. The van der Waals surface area contributed by atoms with Crippen LogP contribution >= 0.6 is 12.4 Å². The van der Waals surface area contributed by atoms with Gasteiger partial charge in [-0.1, -0.05) is 29.4 Å². The molecule has 0 amide bonds. The van der Waals surface area contributed by atoms with Crippen LogP contribution in [0.5, 0.6) is 0 Å². The molecule has 1 aliphatic rings. The molecule has 0 spiro atoms. The summed E-state index contributed by atoms with van der Waals surface area (Å²) >= 11 is 0. The van der Waals surface area contributed by atoms with E-state index in [1.54, 1.807) is 0 Å². The summed E-state index contributed by atoms with van der Waals surface area (Å²) in [6, 6.07) is 7.90. The first kappa shape index (κ1) is 15.9. The van der Waals surface area contributed by atoms with E-state index in [2.05, 4.69) is 10.1 Å². The maximum Gasteiger partial charge on any atom is 0.229 e. The Bertz CT molecular complexity index is 550. The molecule has 1 aliphatic heterocycles. The molecule has 2 heterocycles.